The van der Waals surface area contributed by atoms with Gasteiger partial charge in [0, 0.05) is 12.2 Å². The molecule has 0 aromatic carbocycles. The largest absolute Gasteiger partial charge is 0.170 e. The normalized spacial score (nSPS) is 17.7. The molecule has 0 radical (unpaired) electrons. The average molecular weight is 156 g/mol. The van der Waals surface area contributed by atoms with Crippen molar-refractivity contribution in [2.24, 2.45) is 0 Å². The van der Waals surface area contributed by atoms with E-state index in [1.807, 2.05) is 6.26 Å². The Morgan fingerprint density at radius 1 is 1.60 bits per heavy atom. The predicted octanol–water partition coefficient (Wildman–Crippen LogP) is 0.677. The molecule has 10 heavy (non-hydrogen) atoms. The van der Waals surface area contributed by atoms with Gasteiger partial charge >= 0.3 is 0 Å². The molecule has 0 N–H and O–H groups in total. The smallest absolute Gasteiger partial charge is 0.166 e. The van der Waals surface area contributed by atoms with Gasteiger partial charge in [-0.1, -0.05) is 0 Å². The van der Waals surface area contributed by atoms with Crippen molar-refractivity contribution in [3.05, 3.63) is 5.82 Å². The Kier molecular flexibility index (Phi) is 1.37. The lowest BCUT2D eigenvalue weighted by Crippen LogP contribution is -1.94. The van der Waals surface area contributed by atoms with Crippen LogP contribution in [0.15, 0.2) is 0 Å². The fourth-order valence-electron chi connectivity index (χ4n) is 0.896. The number of tetrazole rings is 1. The lowest BCUT2D eigenvalue weighted by Gasteiger charge is -1.94. The molecule has 0 spiro atoms. The number of hydrogen-bond acceptors (Lipinski definition) is 4. The van der Waals surface area contributed by atoms with Gasteiger partial charge < -0.3 is 0 Å². The van der Waals surface area contributed by atoms with E-state index >= 15 is 0 Å². The first-order valence-electron chi connectivity index (χ1n) is 3.24. The molecule has 1 aliphatic carbocycles. The van der Waals surface area contributed by atoms with Gasteiger partial charge in [-0.2, -0.15) is 4.09 Å². The van der Waals surface area contributed by atoms with Crippen LogP contribution in [-0.4, -0.2) is 25.9 Å². The predicted molar refractivity (Wildman–Crippen MR) is 38.7 cm³/mol. The number of aromatic nitrogens is 4. The van der Waals surface area contributed by atoms with Crippen molar-refractivity contribution in [2.45, 2.75) is 18.8 Å². The summed E-state index contributed by atoms with van der Waals surface area (Å²) in [6, 6.07) is 0. The lowest BCUT2D eigenvalue weighted by atomic mass is 10.4. The van der Waals surface area contributed by atoms with E-state index in [9.17, 15) is 0 Å². The molecule has 1 fully saturated rings. The Balaban J connectivity index is 2.28. The van der Waals surface area contributed by atoms with Gasteiger partial charge in [-0.15, -0.1) is 5.10 Å². The van der Waals surface area contributed by atoms with Crippen LogP contribution in [0.4, 0.5) is 0 Å². The standard InChI is InChI=1S/C5H8N4S/c1-10-9-5(4-2-3-4)6-7-8-9/h4H,2-3H2,1H3. The summed E-state index contributed by atoms with van der Waals surface area (Å²) in [6.45, 7) is 0. The SMILES string of the molecule is CSn1nnnc1C1CC1. The molecule has 1 aromatic heterocycles. The molecule has 0 atom stereocenters. The van der Waals surface area contributed by atoms with Crippen molar-refractivity contribution < 1.29 is 0 Å². The summed E-state index contributed by atoms with van der Waals surface area (Å²) < 4.78 is 1.79. The van der Waals surface area contributed by atoms with Crippen LogP contribution in [0.25, 0.3) is 0 Å². The highest BCUT2D eigenvalue weighted by atomic mass is 32.2. The van der Waals surface area contributed by atoms with Gasteiger partial charge in [0.2, 0.25) is 0 Å². The summed E-state index contributed by atoms with van der Waals surface area (Å²) in [5.41, 5.74) is 0. The van der Waals surface area contributed by atoms with Gasteiger partial charge in [-0.05, 0) is 35.2 Å². The molecule has 2 rings (SSSR count). The highest BCUT2D eigenvalue weighted by Crippen LogP contribution is 2.38. The topological polar surface area (TPSA) is 43.6 Å². The Morgan fingerprint density at radius 3 is 3.00 bits per heavy atom. The van der Waals surface area contributed by atoms with Crippen molar-refractivity contribution in [1.29, 1.82) is 0 Å². The molecular formula is C5H8N4S. The van der Waals surface area contributed by atoms with E-state index in [1.54, 1.807) is 16.0 Å². The van der Waals surface area contributed by atoms with E-state index < -0.39 is 0 Å². The molecule has 0 unspecified atom stereocenters. The van der Waals surface area contributed by atoms with Crippen LogP contribution in [0.1, 0.15) is 24.6 Å². The van der Waals surface area contributed by atoms with Crippen LogP contribution >= 0.6 is 11.9 Å². The molecule has 1 aliphatic rings. The van der Waals surface area contributed by atoms with Gasteiger partial charge in [0.15, 0.2) is 5.82 Å². The van der Waals surface area contributed by atoms with Crippen molar-refractivity contribution in [1.82, 2.24) is 19.6 Å². The maximum absolute atomic E-state index is 3.93. The summed E-state index contributed by atoms with van der Waals surface area (Å²) >= 11 is 1.55. The van der Waals surface area contributed by atoms with E-state index in [0.29, 0.717) is 5.92 Å². The highest BCUT2D eigenvalue weighted by Gasteiger charge is 2.29. The molecule has 5 heteroatoms. The first kappa shape index (κ1) is 6.15. The van der Waals surface area contributed by atoms with Gasteiger partial charge in [-0.3, -0.25) is 0 Å². The molecular weight excluding hydrogens is 148 g/mol. The molecule has 4 nitrogen and oxygen atoms in total. The van der Waals surface area contributed by atoms with E-state index in [2.05, 4.69) is 15.5 Å². The van der Waals surface area contributed by atoms with Gasteiger partial charge in [0.1, 0.15) is 0 Å². The first-order chi connectivity index (χ1) is 4.92. The van der Waals surface area contributed by atoms with E-state index in [0.717, 1.165) is 5.82 Å². The zero-order valence-electron chi connectivity index (χ0n) is 5.69. The monoisotopic (exact) mass is 156 g/mol. The summed E-state index contributed by atoms with van der Waals surface area (Å²) in [5, 5.41) is 11.3. The molecule has 54 valence electrons. The van der Waals surface area contributed by atoms with Crippen molar-refractivity contribution in [3.63, 3.8) is 0 Å². The Labute approximate surface area is 63.1 Å². The zero-order chi connectivity index (χ0) is 6.97. The average Bonchev–Trinajstić information content (AvgIpc) is 2.69. The Bertz CT molecular complexity index is 229. The number of rotatable bonds is 2. The van der Waals surface area contributed by atoms with Crippen LogP contribution in [0, 0.1) is 0 Å². The van der Waals surface area contributed by atoms with Gasteiger partial charge in [0.25, 0.3) is 0 Å². The second-order valence-electron chi connectivity index (χ2n) is 2.37. The molecule has 0 saturated heterocycles. The van der Waals surface area contributed by atoms with Crippen LogP contribution in [0.3, 0.4) is 0 Å². The van der Waals surface area contributed by atoms with Crippen LogP contribution in [0.2, 0.25) is 0 Å². The minimum Gasteiger partial charge on any atom is -0.170 e. The quantitative estimate of drug-likeness (QED) is 0.631. The molecule has 1 aromatic rings. The van der Waals surface area contributed by atoms with Crippen LogP contribution < -0.4 is 0 Å². The van der Waals surface area contributed by atoms with E-state index in [1.165, 1.54) is 12.8 Å². The fraction of sp³-hybridized carbons (Fsp3) is 0.800. The second kappa shape index (κ2) is 2.23. The molecule has 1 heterocycles. The molecule has 0 bridgehead atoms. The number of hydrogen-bond donors (Lipinski definition) is 0. The summed E-state index contributed by atoms with van der Waals surface area (Å²) in [4.78, 5) is 0. The third-order valence-electron chi connectivity index (χ3n) is 1.58. The third-order valence-corrected chi connectivity index (χ3v) is 2.19. The Hall–Kier alpha value is -0.580. The minimum absolute atomic E-state index is 0.641. The van der Waals surface area contributed by atoms with Crippen LogP contribution in [0.5, 0.6) is 0 Å². The molecule has 0 aliphatic heterocycles. The molecule has 1 saturated carbocycles. The maximum Gasteiger partial charge on any atom is 0.166 e. The Morgan fingerprint density at radius 2 is 2.40 bits per heavy atom. The summed E-state index contributed by atoms with van der Waals surface area (Å²) in [5.74, 6) is 1.68. The second-order valence-corrected chi connectivity index (χ2v) is 3.08. The third kappa shape index (κ3) is 0.901. The summed E-state index contributed by atoms with van der Waals surface area (Å²) in [7, 11) is 0. The van der Waals surface area contributed by atoms with Crippen LogP contribution in [-0.2, 0) is 0 Å². The molecule has 0 amide bonds. The van der Waals surface area contributed by atoms with Crippen molar-refractivity contribution in [3.8, 4) is 0 Å². The van der Waals surface area contributed by atoms with E-state index in [4.69, 9.17) is 0 Å². The minimum atomic E-state index is 0.641. The van der Waals surface area contributed by atoms with Crippen molar-refractivity contribution in [2.75, 3.05) is 6.26 Å². The highest BCUT2D eigenvalue weighted by molar-refractivity contribution is 7.97. The zero-order valence-corrected chi connectivity index (χ0v) is 6.51. The van der Waals surface area contributed by atoms with E-state index in [-0.39, 0.29) is 0 Å². The first-order valence-corrected chi connectivity index (χ1v) is 4.42. The van der Waals surface area contributed by atoms with Gasteiger partial charge in [0.05, 0.1) is 0 Å². The maximum atomic E-state index is 3.93. The van der Waals surface area contributed by atoms with Crippen molar-refractivity contribution >= 4 is 11.9 Å². The fourth-order valence-corrected chi connectivity index (χ4v) is 1.37. The number of nitrogens with zero attached hydrogens (tertiary/aromatic N) is 4. The van der Waals surface area contributed by atoms with Gasteiger partial charge in [-0.25, -0.2) is 0 Å². The lowest BCUT2D eigenvalue weighted by molar-refractivity contribution is 0.847. The summed E-state index contributed by atoms with van der Waals surface area (Å²) in [6.07, 6.45) is 4.48.